The van der Waals surface area contributed by atoms with Gasteiger partial charge in [-0.1, -0.05) is 18.2 Å². The molecule has 2 atom stereocenters. The number of nitrogens with zero attached hydrogens (tertiary/aromatic N) is 2. The maximum atomic E-state index is 12.9. The van der Waals surface area contributed by atoms with Gasteiger partial charge in [0.1, 0.15) is 12.0 Å². The zero-order chi connectivity index (χ0) is 20.7. The highest BCUT2D eigenvalue weighted by Gasteiger charge is 2.40. The van der Waals surface area contributed by atoms with E-state index in [0.717, 1.165) is 25.9 Å². The third kappa shape index (κ3) is 3.35. The van der Waals surface area contributed by atoms with E-state index in [2.05, 4.69) is 27.4 Å². The monoisotopic (exact) mass is 404 g/mol. The lowest BCUT2D eigenvalue weighted by molar-refractivity contribution is 0.0216. The Labute approximate surface area is 174 Å². The minimum absolute atomic E-state index is 0.138. The first-order valence-corrected chi connectivity index (χ1v) is 10.4. The van der Waals surface area contributed by atoms with Crippen molar-refractivity contribution in [1.29, 1.82) is 0 Å². The van der Waals surface area contributed by atoms with E-state index in [1.807, 2.05) is 18.2 Å². The van der Waals surface area contributed by atoms with Crippen LogP contribution in [0.15, 0.2) is 53.3 Å². The normalized spacial score (nSPS) is 25.2. The van der Waals surface area contributed by atoms with Gasteiger partial charge in [-0.3, -0.25) is 14.5 Å². The van der Waals surface area contributed by atoms with Crippen LogP contribution in [0, 0.1) is 5.92 Å². The first-order chi connectivity index (χ1) is 14.6. The van der Waals surface area contributed by atoms with Gasteiger partial charge in [0.25, 0.3) is 11.8 Å². The molecule has 2 N–H and O–H groups in total. The van der Waals surface area contributed by atoms with E-state index in [9.17, 15) is 9.59 Å². The van der Waals surface area contributed by atoms with Gasteiger partial charge < -0.3 is 15.1 Å². The standard InChI is InChI=1S/C23H24N4O3/c1-14-21(15-7-9-27(14)10-8-15)26-23(29)18-11-17-19(13-30-20(17)12-24-18)25-22(28)16-5-3-2-4-6-16/h2-6,11-15,21H,7-10H2,1H3,(H,25,28)(H,26,29). The van der Waals surface area contributed by atoms with Crippen LogP contribution in [-0.2, 0) is 0 Å². The van der Waals surface area contributed by atoms with Crippen molar-refractivity contribution in [3.63, 3.8) is 0 Å². The Balaban J connectivity index is 1.36. The molecule has 5 heterocycles. The zero-order valence-electron chi connectivity index (χ0n) is 16.8. The molecule has 30 heavy (non-hydrogen) atoms. The molecule has 0 spiro atoms. The number of aromatic nitrogens is 1. The average molecular weight is 404 g/mol. The number of nitrogens with one attached hydrogen (secondary N) is 2. The van der Waals surface area contributed by atoms with Crippen LogP contribution in [0.3, 0.4) is 0 Å². The molecule has 0 radical (unpaired) electrons. The second-order valence-corrected chi connectivity index (χ2v) is 8.15. The lowest BCUT2D eigenvalue weighted by Crippen LogP contribution is -2.62. The Morgan fingerprint density at radius 3 is 2.63 bits per heavy atom. The Morgan fingerprint density at radius 1 is 1.13 bits per heavy atom. The fraction of sp³-hybridized carbons (Fsp3) is 0.348. The first kappa shape index (κ1) is 18.8. The van der Waals surface area contributed by atoms with Crippen molar-refractivity contribution in [2.75, 3.05) is 18.4 Å². The van der Waals surface area contributed by atoms with Crippen molar-refractivity contribution in [3.8, 4) is 0 Å². The van der Waals surface area contributed by atoms with Crippen molar-refractivity contribution < 1.29 is 14.0 Å². The number of carbonyl (C=O) groups is 2. The zero-order valence-corrected chi connectivity index (χ0v) is 16.8. The highest BCUT2D eigenvalue weighted by Crippen LogP contribution is 2.32. The van der Waals surface area contributed by atoms with Crippen LogP contribution in [-0.4, -0.2) is 46.9 Å². The summed E-state index contributed by atoms with van der Waals surface area (Å²) in [6.45, 7) is 4.41. The number of fused-ring (bicyclic) bond motifs is 4. The third-order valence-electron chi connectivity index (χ3n) is 6.45. The van der Waals surface area contributed by atoms with Crippen LogP contribution >= 0.6 is 0 Å². The summed E-state index contributed by atoms with van der Waals surface area (Å²) in [5.41, 5.74) is 1.91. The van der Waals surface area contributed by atoms with Gasteiger partial charge in [0.2, 0.25) is 0 Å². The molecule has 6 rings (SSSR count). The highest BCUT2D eigenvalue weighted by atomic mass is 16.3. The minimum Gasteiger partial charge on any atom is -0.460 e. The minimum atomic E-state index is -0.234. The Kier molecular flexibility index (Phi) is 4.75. The summed E-state index contributed by atoms with van der Waals surface area (Å²) < 4.78 is 5.51. The summed E-state index contributed by atoms with van der Waals surface area (Å²) >= 11 is 0. The van der Waals surface area contributed by atoms with Gasteiger partial charge in [-0.15, -0.1) is 0 Å². The number of furan rings is 1. The lowest BCUT2D eigenvalue weighted by Gasteiger charge is -2.49. The first-order valence-electron chi connectivity index (χ1n) is 10.4. The molecule has 3 aliphatic heterocycles. The van der Waals surface area contributed by atoms with Crippen LogP contribution in [0.2, 0.25) is 0 Å². The summed E-state index contributed by atoms with van der Waals surface area (Å²) in [5, 5.41) is 6.71. The Hall–Kier alpha value is -3.19. The van der Waals surface area contributed by atoms with Crippen LogP contribution < -0.4 is 10.6 Å². The SMILES string of the molecule is CC1C(NC(=O)c2cc3c(NC(=O)c4ccccc4)coc3cn2)C2CCN1CC2. The number of carbonyl (C=O) groups excluding carboxylic acids is 2. The number of benzene rings is 1. The van der Waals surface area contributed by atoms with E-state index in [0.29, 0.717) is 39.9 Å². The van der Waals surface area contributed by atoms with Gasteiger partial charge >= 0.3 is 0 Å². The highest BCUT2D eigenvalue weighted by molar-refractivity contribution is 6.09. The molecule has 3 saturated heterocycles. The van der Waals surface area contributed by atoms with Gasteiger partial charge in [-0.05, 0) is 57.0 Å². The maximum absolute atomic E-state index is 12.9. The molecule has 7 nitrogen and oxygen atoms in total. The van der Waals surface area contributed by atoms with Gasteiger partial charge in [-0.25, -0.2) is 4.98 Å². The molecule has 3 fully saturated rings. The molecule has 0 aliphatic carbocycles. The van der Waals surface area contributed by atoms with Gasteiger partial charge in [-0.2, -0.15) is 0 Å². The van der Waals surface area contributed by atoms with Crippen molar-refractivity contribution in [3.05, 3.63) is 60.1 Å². The average Bonchev–Trinajstić information content (AvgIpc) is 3.19. The van der Waals surface area contributed by atoms with E-state index < -0.39 is 0 Å². The van der Waals surface area contributed by atoms with E-state index in [1.165, 1.54) is 12.5 Å². The molecule has 2 amide bonds. The predicted molar refractivity (Wildman–Crippen MR) is 113 cm³/mol. The van der Waals surface area contributed by atoms with E-state index >= 15 is 0 Å². The number of pyridine rings is 1. The summed E-state index contributed by atoms with van der Waals surface area (Å²) in [4.78, 5) is 32.2. The van der Waals surface area contributed by atoms with Crippen molar-refractivity contribution in [2.45, 2.75) is 31.8 Å². The molecule has 1 aromatic carbocycles. The Morgan fingerprint density at radius 2 is 1.90 bits per heavy atom. The smallest absolute Gasteiger partial charge is 0.270 e. The number of anilines is 1. The van der Waals surface area contributed by atoms with E-state index in [4.69, 9.17) is 4.42 Å². The summed E-state index contributed by atoms with van der Waals surface area (Å²) in [6, 6.07) is 11.1. The number of amides is 2. The summed E-state index contributed by atoms with van der Waals surface area (Å²) in [5.74, 6) is 0.0959. The van der Waals surface area contributed by atoms with Gasteiger partial charge in [0.15, 0.2) is 5.58 Å². The maximum Gasteiger partial charge on any atom is 0.270 e. The molecule has 2 bridgehead atoms. The van der Waals surface area contributed by atoms with Crippen molar-refractivity contribution in [2.24, 2.45) is 5.92 Å². The quantitative estimate of drug-likeness (QED) is 0.697. The molecule has 2 aromatic heterocycles. The van der Waals surface area contributed by atoms with Crippen molar-refractivity contribution >= 4 is 28.5 Å². The third-order valence-corrected chi connectivity index (χ3v) is 6.45. The molecular weight excluding hydrogens is 380 g/mol. The summed E-state index contributed by atoms with van der Waals surface area (Å²) in [6.07, 6.45) is 5.25. The van der Waals surface area contributed by atoms with E-state index in [1.54, 1.807) is 18.2 Å². The van der Waals surface area contributed by atoms with Crippen LogP contribution in [0.25, 0.3) is 11.0 Å². The molecule has 154 valence electrons. The van der Waals surface area contributed by atoms with Crippen LogP contribution in [0.1, 0.15) is 40.6 Å². The van der Waals surface area contributed by atoms with Crippen molar-refractivity contribution in [1.82, 2.24) is 15.2 Å². The van der Waals surface area contributed by atoms with Crippen LogP contribution in [0.5, 0.6) is 0 Å². The fourth-order valence-corrected chi connectivity index (χ4v) is 4.71. The molecule has 2 unspecified atom stereocenters. The summed E-state index contributed by atoms with van der Waals surface area (Å²) in [7, 11) is 0. The number of hydrogen-bond acceptors (Lipinski definition) is 5. The van der Waals surface area contributed by atoms with Gasteiger partial charge in [0, 0.05) is 23.0 Å². The number of hydrogen-bond donors (Lipinski definition) is 2. The molecule has 0 saturated carbocycles. The second kappa shape index (κ2) is 7.57. The second-order valence-electron chi connectivity index (χ2n) is 8.15. The fourth-order valence-electron chi connectivity index (χ4n) is 4.71. The van der Waals surface area contributed by atoms with Gasteiger partial charge in [0.05, 0.1) is 11.9 Å². The molecular formula is C23H24N4O3. The number of piperidine rings is 3. The van der Waals surface area contributed by atoms with E-state index in [-0.39, 0.29) is 17.9 Å². The lowest BCUT2D eigenvalue weighted by atomic mass is 9.79. The molecule has 7 heteroatoms. The molecule has 3 aliphatic rings. The largest absolute Gasteiger partial charge is 0.460 e. The number of rotatable bonds is 4. The topological polar surface area (TPSA) is 87.5 Å². The predicted octanol–water partition coefficient (Wildman–Crippen LogP) is 3.29. The van der Waals surface area contributed by atoms with Crippen LogP contribution in [0.4, 0.5) is 5.69 Å². The Bertz CT molecular complexity index is 1080. The molecule has 3 aromatic rings.